The van der Waals surface area contributed by atoms with Crippen LogP contribution in [0.3, 0.4) is 0 Å². The number of carbonyl (C=O) groups is 1. The molecular formula is C13H18N2O2. The Kier molecular flexibility index (Phi) is 3.45. The van der Waals surface area contributed by atoms with Crippen LogP contribution in [0.15, 0.2) is 18.2 Å². The lowest BCUT2D eigenvalue weighted by molar-refractivity contribution is -0.115. The first-order chi connectivity index (χ1) is 8.11. The van der Waals surface area contributed by atoms with Crippen molar-refractivity contribution in [3.05, 3.63) is 29.3 Å². The molecule has 4 heteroatoms. The zero-order chi connectivity index (χ0) is 12.4. The molecule has 1 heterocycles. The van der Waals surface area contributed by atoms with Gasteiger partial charge in [-0.1, -0.05) is 12.1 Å². The molecule has 17 heavy (non-hydrogen) atoms. The van der Waals surface area contributed by atoms with Gasteiger partial charge < -0.3 is 15.3 Å². The van der Waals surface area contributed by atoms with E-state index in [0.29, 0.717) is 12.8 Å². The predicted octanol–water partition coefficient (Wildman–Crippen LogP) is 1.17. The average molecular weight is 234 g/mol. The second-order valence-corrected chi connectivity index (χ2v) is 4.63. The predicted molar refractivity (Wildman–Crippen MR) is 66.9 cm³/mol. The van der Waals surface area contributed by atoms with Gasteiger partial charge >= 0.3 is 0 Å². The van der Waals surface area contributed by atoms with Gasteiger partial charge in [0.1, 0.15) is 0 Å². The smallest absolute Gasteiger partial charge is 0.228 e. The second-order valence-electron chi connectivity index (χ2n) is 4.63. The van der Waals surface area contributed by atoms with Gasteiger partial charge in [-0.15, -0.1) is 0 Å². The molecule has 0 radical (unpaired) electrons. The summed E-state index contributed by atoms with van der Waals surface area (Å²) in [6.45, 7) is 0.164. The lowest BCUT2D eigenvalue weighted by Crippen LogP contribution is -2.21. The molecule has 1 aromatic carbocycles. The summed E-state index contributed by atoms with van der Waals surface area (Å²) >= 11 is 0. The van der Waals surface area contributed by atoms with E-state index in [1.165, 1.54) is 0 Å². The molecule has 0 bridgehead atoms. The van der Waals surface area contributed by atoms with Crippen LogP contribution in [0.25, 0.3) is 0 Å². The van der Waals surface area contributed by atoms with Crippen molar-refractivity contribution in [2.45, 2.75) is 18.9 Å². The molecule has 1 unspecified atom stereocenters. The van der Waals surface area contributed by atoms with Gasteiger partial charge in [-0.2, -0.15) is 0 Å². The van der Waals surface area contributed by atoms with E-state index in [2.05, 4.69) is 16.3 Å². The van der Waals surface area contributed by atoms with Gasteiger partial charge in [-0.25, -0.2) is 0 Å². The van der Waals surface area contributed by atoms with Crippen LogP contribution < -0.4 is 5.32 Å². The van der Waals surface area contributed by atoms with Crippen molar-refractivity contribution in [1.82, 2.24) is 4.90 Å². The molecule has 1 atom stereocenters. The summed E-state index contributed by atoms with van der Waals surface area (Å²) in [4.78, 5) is 13.4. The molecule has 4 nitrogen and oxygen atoms in total. The number of nitrogens with zero attached hydrogens (tertiary/aromatic N) is 1. The summed E-state index contributed by atoms with van der Waals surface area (Å²) in [5.74, 6) is 0.0562. The van der Waals surface area contributed by atoms with Crippen molar-refractivity contribution in [2.75, 3.05) is 26.0 Å². The molecule has 1 aromatic rings. The Hall–Kier alpha value is -1.39. The molecule has 2 rings (SSSR count). The van der Waals surface area contributed by atoms with Crippen molar-refractivity contribution in [3.8, 4) is 0 Å². The van der Waals surface area contributed by atoms with E-state index in [-0.39, 0.29) is 18.6 Å². The molecule has 0 aliphatic carbocycles. The molecule has 0 fully saturated rings. The minimum Gasteiger partial charge on any atom is -0.396 e. The van der Waals surface area contributed by atoms with Crippen molar-refractivity contribution in [3.63, 3.8) is 0 Å². The van der Waals surface area contributed by atoms with Gasteiger partial charge in [-0.05, 0) is 37.7 Å². The Morgan fingerprint density at radius 1 is 1.47 bits per heavy atom. The quantitative estimate of drug-likeness (QED) is 0.822. The first kappa shape index (κ1) is 12.1. The highest BCUT2D eigenvalue weighted by molar-refractivity contribution is 5.99. The number of rotatable bonds is 4. The molecule has 0 saturated carbocycles. The topological polar surface area (TPSA) is 52.6 Å². The molecule has 1 aliphatic heterocycles. The maximum atomic E-state index is 11.3. The zero-order valence-corrected chi connectivity index (χ0v) is 10.2. The third-order valence-electron chi connectivity index (χ3n) is 3.17. The summed E-state index contributed by atoms with van der Waals surface area (Å²) in [5.41, 5.74) is 3.12. The standard InChI is InChI=1S/C13H18N2O2/c1-15(2)12(5-6-16)9-3-4-11-10(7-9)8-13(17)14-11/h3-4,7,12,16H,5-6,8H2,1-2H3,(H,14,17). The van der Waals surface area contributed by atoms with Crippen molar-refractivity contribution in [2.24, 2.45) is 0 Å². The van der Waals surface area contributed by atoms with Crippen LogP contribution in [-0.2, 0) is 11.2 Å². The second kappa shape index (κ2) is 4.85. The lowest BCUT2D eigenvalue weighted by Gasteiger charge is -2.24. The number of hydrogen-bond acceptors (Lipinski definition) is 3. The van der Waals surface area contributed by atoms with E-state index in [4.69, 9.17) is 5.11 Å². The molecular weight excluding hydrogens is 216 g/mol. The van der Waals surface area contributed by atoms with Crippen LogP contribution in [0.5, 0.6) is 0 Å². The first-order valence-electron chi connectivity index (χ1n) is 5.82. The minimum absolute atomic E-state index is 0.0562. The van der Waals surface area contributed by atoms with Gasteiger partial charge in [0.2, 0.25) is 5.91 Å². The zero-order valence-electron chi connectivity index (χ0n) is 10.2. The van der Waals surface area contributed by atoms with Gasteiger partial charge in [0, 0.05) is 18.3 Å². The molecule has 1 aliphatic rings. The Morgan fingerprint density at radius 2 is 2.24 bits per heavy atom. The first-order valence-corrected chi connectivity index (χ1v) is 5.82. The Balaban J connectivity index is 2.27. The van der Waals surface area contributed by atoms with Crippen molar-refractivity contribution in [1.29, 1.82) is 0 Å². The molecule has 0 saturated heterocycles. The van der Waals surface area contributed by atoms with Crippen LogP contribution in [0.4, 0.5) is 5.69 Å². The van der Waals surface area contributed by atoms with E-state index in [9.17, 15) is 4.79 Å². The van der Waals surface area contributed by atoms with Crippen LogP contribution in [0, 0.1) is 0 Å². The summed E-state index contributed by atoms with van der Waals surface area (Å²) < 4.78 is 0. The van der Waals surface area contributed by atoms with Crippen molar-refractivity contribution >= 4 is 11.6 Å². The third kappa shape index (κ3) is 2.48. The number of carbonyl (C=O) groups excluding carboxylic acids is 1. The number of nitrogens with one attached hydrogen (secondary N) is 1. The van der Waals surface area contributed by atoms with Gasteiger partial charge in [0.05, 0.1) is 6.42 Å². The Labute approximate surface area is 101 Å². The summed E-state index contributed by atoms with van der Waals surface area (Å²) in [6, 6.07) is 6.22. The lowest BCUT2D eigenvalue weighted by atomic mass is 9.99. The van der Waals surface area contributed by atoms with Crippen LogP contribution in [0.2, 0.25) is 0 Å². The normalized spacial score (nSPS) is 15.9. The molecule has 0 spiro atoms. The summed E-state index contributed by atoms with van der Waals surface area (Å²) in [5, 5.41) is 11.9. The van der Waals surface area contributed by atoms with E-state index >= 15 is 0 Å². The SMILES string of the molecule is CN(C)C(CCO)c1ccc2c(c1)CC(=O)N2. The van der Waals surface area contributed by atoms with E-state index in [1.807, 2.05) is 26.2 Å². The molecule has 0 aromatic heterocycles. The van der Waals surface area contributed by atoms with E-state index < -0.39 is 0 Å². The van der Waals surface area contributed by atoms with Gasteiger partial charge in [0.25, 0.3) is 0 Å². The molecule has 92 valence electrons. The fourth-order valence-corrected chi connectivity index (χ4v) is 2.30. The van der Waals surface area contributed by atoms with E-state index in [0.717, 1.165) is 16.8 Å². The fraction of sp³-hybridized carbons (Fsp3) is 0.462. The highest BCUT2D eigenvalue weighted by Crippen LogP contribution is 2.29. The Morgan fingerprint density at radius 3 is 2.88 bits per heavy atom. The van der Waals surface area contributed by atoms with Crippen LogP contribution in [0.1, 0.15) is 23.6 Å². The molecule has 2 N–H and O–H groups in total. The summed E-state index contributed by atoms with van der Waals surface area (Å²) in [6.07, 6.45) is 1.16. The average Bonchev–Trinajstić information content (AvgIpc) is 2.64. The third-order valence-corrected chi connectivity index (χ3v) is 3.17. The highest BCUT2D eigenvalue weighted by atomic mass is 16.3. The molecule has 1 amide bonds. The maximum Gasteiger partial charge on any atom is 0.228 e. The van der Waals surface area contributed by atoms with Crippen LogP contribution >= 0.6 is 0 Å². The maximum absolute atomic E-state index is 11.3. The van der Waals surface area contributed by atoms with Gasteiger partial charge in [-0.3, -0.25) is 4.79 Å². The fourth-order valence-electron chi connectivity index (χ4n) is 2.30. The van der Waals surface area contributed by atoms with Crippen LogP contribution in [-0.4, -0.2) is 36.6 Å². The highest BCUT2D eigenvalue weighted by Gasteiger charge is 2.20. The number of aliphatic hydroxyl groups excluding tert-OH is 1. The van der Waals surface area contributed by atoms with E-state index in [1.54, 1.807) is 0 Å². The summed E-state index contributed by atoms with van der Waals surface area (Å²) in [7, 11) is 3.99. The van der Waals surface area contributed by atoms with Crippen molar-refractivity contribution < 1.29 is 9.90 Å². The Bertz CT molecular complexity index is 429. The number of aliphatic hydroxyl groups is 1. The minimum atomic E-state index is 0.0562. The number of fused-ring (bicyclic) bond motifs is 1. The number of amides is 1. The monoisotopic (exact) mass is 234 g/mol. The van der Waals surface area contributed by atoms with Gasteiger partial charge in [0.15, 0.2) is 0 Å². The number of benzene rings is 1. The number of anilines is 1. The largest absolute Gasteiger partial charge is 0.396 e. The number of hydrogen-bond donors (Lipinski definition) is 2.